The highest BCUT2D eigenvalue weighted by Crippen LogP contribution is 2.40. The maximum atomic E-state index is 12.2. The van der Waals surface area contributed by atoms with Crippen LogP contribution in [0.4, 0.5) is 5.69 Å². The van der Waals surface area contributed by atoms with Crippen LogP contribution in [0.15, 0.2) is 39.0 Å². The third kappa shape index (κ3) is 6.46. The van der Waals surface area contributed by atoms with Crippen molar-refractivity contribution in [1.82, 2.24) is 14.8 Å². The van der Waals surface area contributed by atoms with Crippen molar-refractivity contribution in [2.24, 2.45) is 15.5 Å². The Labute approximate surface area is 196 Å². The SMILES string of the molecule is C=C(N[C@@H](c1ccc(C)s1)C(C)(C)C)C(=Nc1csc(S(=O)(=O)NCC)c1O)NSN. The van der Waals surface area contributed by atoms with Crippen LogP contribution >= 0.6 is 34.8 Å². The van der Waals surface area contributed by atoms with Gasteiger partial charge in [-0.1, -0.05) is 34.3 Å². The number of hydrogen-bond donors (Lipinski definition) is 5. The van der Waals surface area contributed by atoms with E-state index in [-0.39, 0.29) is 33.7 Å². The van der Waals surface area contributed by atoms with Gasteiger partial charge < -0.3 is 10.4 Å². The number of nitrogens with two attached hydrogens (primary N) is 1. The molecule has 0 aliphatic heterocycles. The summed E-state index contributed by atoms with van der Waals surface area (Å²) in [7, 11) is -3.80. The van der Waals surface area contributed by atoms with E-state index in [1.807, 2.05) is 0 Å². The van der Waals surface area contributed by atoms with Crippen molar-refractivity contribution in [3.05, 3.63) is 39.5 Å². The molecule has 0 unspecified atom stereocenters. The molecule has 6 N–H and O–H groups in total. The lowest BCUT2D eigenvalue weighted by molar-refractivity contribution is 0.296. The minimum Gasteiger partial charge on any atom is -0.504 e. The molecule has 0 fully saturated rings. The summed E-state index contributed by atoms with van der Waals surface area (Å²) in [6.45, 7) is 14.4. The van der Waals surface area contributed by atoms with Crippen LogP contribution in [0.2, 0.25) is 0 Å². The minimum absolute atomic E-state index is 0.0470. The lowest BCUT2D eigenvalue weighted by atomic mass is 9.85. The van der Waals surface area contributed by atoms with E-state index in [4.69, 9.17) is 5.14 Å². The highest BCUT2D eigenvalue weighted by Gasteiger charge is 2.29. The molecule has 172 valence electrons. The van der Waals surface area contributed by atoms with Gasteiger partial charge in [-0.3, -0.25) is 9.86 Å². The first kappa shape index (κ1) is 25.7. The largest absolute Gasteiger partial charge is 0.504 e. The minimum atomic E-state index is -3.80. The molecule has 0 saturated heterocycles. The zero-order valence-electron chi connectivity index (χ0n) is 18.1. The third-order valence-electron chi connectivity index (χ3n) is 4.20. The monoisotopic (exact) mass is 503 g/mol. The van der Waals surface area contributed by atoms with Crippen molar-refractivity contribution in [1.29, 1.82) is 0 Å². The van der Waals surface area contributed by atoms with Gasteiger partial charge in [0.15, 0.2) is 15.8 Å². The summed E-state index contributed by atoms with van der Waals surface area (Å²) in [5, 5.41) is 20.9. The summed E-state index contributed by atoms with van der Waals surface area (Å²) >= 11 is 3.42. The number of nitrogens with zero attached hydrogens (tertiary/aromatic N) is 1. The average molecular weight is 504 g/mol. The molecule has 2 heterocycles. The Balaban J connectivity index is 2.38. The summed E-state index contributed by atoms with van der Waals surface area (Å²) < 4.78 is 29.5. The summed E-state index contributed by atoms with van der Waals surface area (Å²) in [5.74, 6) is -0.128. The van der Waals surface area contributed by atoms with E-state index in [1.54, 1.807) is 18.3 Å². The standard InChI is InChI=1S/C19H29N5O3S4/c1-7-21-31(26,27)18-15(25)13(10-28-18)23-17(24-30-20)12(3)22-16(19(4,5)6)14-9-8-11(2)29-14/h8-10,16,21-22,25H,3,7,20H2,1-2,4-6H3,(H,23,24)/t16-/m0/s1. The average Bonchev–Trinajstić information content (AvgIpc) is 3.24. The molecular weight excluding hydrogens is 475 g/mol. The molecule has 0 saturated carbocycles. The van der Waals surface area contributed by atoms with Gasteiger partial charge in [0, 0.05) is 33.8 Å². The zero-order chi connectivity index (χ0) is 23.4. The number of nitrogens with one attached hydrogen (secondary N) is 3. The Bertz CT molecular complexity index is 1050. The van der Waals surface area contributed by atoms with Gasteiger partial charge >= 0.3 is 0 Å². The Morgan fingerprint density at radius 1 is 1.39 bits per heavy atom. The van der Waals surface area contributed by atoms with Crippen molar-refractivity contribution in [3.63, 3.8) is 0 Å². The molecule has 31 heavy (non-hydrogen) atoms. The number of sulfonamides is 1. The Kier molecular flexibility index (Phi) is 8.59. The first-order valence-electron chi connectivity index (χ1n) is 9.43. The summed E-state index contributed by atoms with van der Waals surface area (Å²) in [4.78, 5) is 6.75. The third-order valence-corrected chi connectivity index (χ3v) is 8.62. The molecule has 8 nitrogen and oxygen atoms in total. The van der Waals surface area contributed by atoms with Crippen LogP contribution in [0.5, 0.6) is 5.75 Å². The molecule has 0 amide bonds. The van der Waals surface area contributed by atoms with E-state index in [9.17, 15) is 13.5 Å². The van der Waals surface area contributed by atoms with E-state index >= 15 is 0 Å². The molecule has 0 aromatic carbocycles. The fourth-order valence-corrected chi connectivity index (χ4v) is 6.50. The number of hydrogen-bond acceptors (Lipinski definition) is 9. The van der Waals surface area contributed by atoms with Crippen LogP contribution in [0.3, 0.4) is 0 Å². The van der Waals surface area contributed by atoms with Gasteiger partial charge in [-0.05, 0) is 24.5 Å². The smallest absolute Gasteiger partial charge is 0.253 e. The molecule has 1 atom stereocenters. The Hall–Kier alpha value is -1.57. The maximum absolute atomic E-state index is 12.2. The number of aliphatic imine (C=N–C) groups is 1. The second-order valence-corrected chi connectivity index (χ2v) is 12.4. The van der Waals surface area contributed by atoms with Crippen LogP contribution < -0.4 is 19.9 Å². The van der Waals surface area contributed by atoms with Crippen molar-refractivity contribution < 1.29 is 13.5 Å². The number of aromatic hydroxyl groups is 1. The van der Waals surface area contributed by atoms with E-state index < -0.39 is 15.8 Å². The lowest BCUT2D eigenvalue weighted by Crippen LogP contribution is -2.36. The second kappa shape index (κ2) is 10.4. The van der Waals surface area contributed by atoms with Gasteiger partial charge in [0.1, 0.15) is 5.69 Å². The van der Waals surface area contributed by atoms with Crippen molar-refractivity contribution in [2.75, 3.05) is 6.54 Å². The second-order valence-electron chi connectivity index (χ2n) is 7.81. The number of aryl methyl sites for hydroxylation is 1. The number of amidine groups is 1. The molecule has 0 bridgehead atoms. The molecule has 0 aliphatic carbocycles. The fraction of sp³-hybridized carbons (Fsp3) is 0.421. The van der Waals surface area contributed by atoms with Gasteiger partial charge in [0.2, 0.25) is 0 Å². The van der Waals surface area contributed by atoms with Crippen molar-refractivity contribution in [2.45, 2.75) is 44.9 Å². The first-order chi connectivity index (χ1) is 14.4. The van der Waals surface area contributed by atoms with Crippen LogP contribution in [-0.4, -0.2) is 25.9 Å². The van der Waals surface area contributed by atoms with Gasteiger partial charge in [-0.15, -0.1) is 22.7 Å². The topological polar surface area (TPSA) is 129 Å². The number of thiophene rings is 2. The van der Waals surface area contributed by atoms with Crippen molar-refractivity contribution in [3.8, 4) is 5.75 Å². The molecule has 2 aromatic heterocycles. The van der Waals surface area contributed by atoms with E-state index in [1.165, 1.54) is 10.3 Å². The highest BCUT2D eigenvalue weighted by atomic mass is 32.2. The molecule has 12 heteroatoms. The van der Waals surface area contributed by atoms with Gasteiger partial charge in [0.05, 0.1) is 11.7 Å². The molecule has 2 rings (SSSR count). The normalized spacial score (nSPS) is 13.8. The van der Waals surface area contributed by atoms with E-state index in [0.29, 0.717) is 5.70 Å². The summed E-state index contributed by atoms with van der Waals surface area (Å²) in [6, 6.07) is 4.11. The van der Waals surface area contributed by atoms with Crippen molar-refractivity contribution >= 4 is 56.4 Å². The molecule has 0 radical (unpaired) electrons. The van der Waals surface area contributed by atoms with Gasteiger partial charge in [-0.2, -0.15) is 0 Å². The first-order valence-corrected chi connectivity index (χ1v) is 13.5. The van der Waals surface area contributed by atoms with E-state index in [2.05, 4.69) is 66.2 Å². The quantitative estimate of drug-likeness (QED) is 0.197. The molecule has 2 aromatic rings. The maximum Gasteiger partial charge on any atom is 0.253 e. The summed E-state index contributed by atoms with van der Waals surface area (Å²) in [5.41, 5.74) is 0.449. The summed E-state index contributed by atoms with van der Waals surface area (Å²) in [6.07, 6.45) is 0. The zero-order valence-corrected chi connectivity index (χ0v) is 21.4. The molecule has 0 spiro atoms. The Morgan fingerprint density at radius 3 is 2.58 bits per heavy atom. The lowest BCUT2D eigenvalue weighted by Gasteiger charge is -2.32. The van der Waals surface area contributed by atoms with E-state index in [0.717, 1.165) is 28.3 Å². The molecule has 0 aliphatic rings. The van der Waals surface area contributed by atoms with Gasteiger partial charge in [0.25, 0.3) is 10.0 Å². The van der Waals surface area contributed by atoms with Crippen LogP contribution in [0, 0.1) is 12.3 Å². The predicted octanol–water partition coefficient (Wildman–Crippen LogP) is 4.15. The van der Waals surface area contributed by atoms with Crippen LogP contribution in [0.25, 0.3) is 0 Å². The molecular formula is C19H29N5O3S4. The van der Waals surface area contributed by atoms with Crippen LogP contribution in [0.1, 0.15) is 43.5 Å². The number of rotatable bonds is 9. The van der Waals surface area contributed by atoms with Gasteiger partial charge in [-0.25, -0.2) is 18.1 Å². The fourth-order valence-electron chi connectivity index (χ4n) is 2.74. The Morgan fingerprint density at radius 2 is 2.06 bits per heavy atom. The van der Waals surface area contributed by atoms with Crippen LogP contribution in [-0.2, 0) is 10.0 Å². The highest BCUT2D eigenvalue weighted by molar-refractivity contribution is 7.95. The predicted molar refractivity (Wildman–Crippen MR) is 132 cm³/mol.